The first-order valence-corrected chi connectivity index (χ1v) is 8.31. The van der Waals surface area contributed by atoms with E-state index in [0.717, 1.165) is 17.7 Å². The zero-order valence-corrected chi connectivity index (χ0v) is 15.3. The number of hydrogen-bond donors (Lipinski definition) is 0. The molecule has 0 unspecified atom stereocenters. The first kappa shape index (κ1) is 19.8. The normalized spacial score (nSPS) is 15.2. The summed E-state index contributed by atoms with van der Waals surface area (Å²) in [6, 6.07) is 8.09. The van der Waals surface area contributed by atoms with Gasteiger partial charge in [-0.05, 0) is 36.2 Å². The lowest BCUT2D eigenvalue weighted by Crippen LogP contribution is -2.39. The number of aryl methyl sites for hydroxylation is 1. The maximum absolute atomic E-state index is 12.7. The van der Waals surface area contributed by atoms with Crippen LogP contribution in [0.15, 0.2) is 36.4 Å². The Kier molecular flexibility index (Phi) is 5.35. The molecule has 6 heteroatoms. The van der Waals surface area contributed by atoms with E-state index in [4.69, 9.17) is 9.47 Å². The number of cyclic esters (lactones) is 1. The van der Waals surface area contributed by atoms with Crippen molar-refractivity contribution < 1.29 is 27.4 Å². The highest BCUT2D eigenvalue weighted by Gasteiger charge is 2.36. The molecule has 0 saturated carbocycles. The number of carbonyl (C=O) groups is 1. The van der Waals surface area contributed by atoms with E-state index in [1.165, 1.54) is 12.1 Å². The highest BCUT2D eigenvalue weighted by molar-refractivity contribution is 6.01. The molecule has 0 fully saturated rings. The van der Waals surface area contributed by atoms with E-state index in [0.29, 0.717) is 16.9 Å². The third kappa shape index (κ3) is 4.00. The number of benzene rings is 2. The summed E-state index contributed by atoms with van der Waals surface area (Å²) in [5, 5.41) is 0. The van der Waals surface area contributed by atoms with Crippen molar-refractivity contribution in [2.75, 3.05) is 0 Å². The molecule has 0 aliphatic carbocycles. The highest BCUT2D eigenvalue weighted by atomic mass is 19.4. The maximum atomic E-state index is 12.7. The second kappa shape index (κ2) is 7.02. The molecule has 2 aromatic rings. The average molecular weight is 366 g/mol. The van der Waals surface area contributed by atoms with Crippen molar-refractivity contribution in [3.05, 3.63) is 53.1 Å². The fourth-order valence-corrected chi connectivity index (χ4v) is 2.67. The van der Waals surface area contributed by atoms with E-state index in [2.05, 4.69) is 0 Å². The number of rotatable bonds is 1. The summed E-state index contributed by atoms with van der Waals surface area (Å²) < 4.78 is 49.1. The minimum absolute atomic E-state index is 0.222. The van der Waals surface area contributed by atoms with Crippen molar-refractivity contribution in [2.24, 2.45) is 0 Å². The molecule has 2 aromatic carbocycles. The molecule has 0 amide bonds. The lowest BCUT2D eigenvalue weighted by atomic mass is 9.95. The van der Waals surface area contributed by atoms with E-state index in [-0.39, 0.29) is 5.56 Å². The van der Waals surface area contributed by atoms with Gasteiger partial charge in [0.25, 0.3) is 0 Å². The minimum atomic E-state index is -4.41. The van der Waals surface area contributed by atoms with Crippen molar-refractivity contribution in [3.63, 3.8) is 0 Å². The summed E-state index contributed by atoms with van der Waals surface area (Å²) in [6.45, 7) is 9.06. The van der Waals surface area contributed by atoms with Crippen LogP contribution in [0.25, 0.3) is 11.1 Å². The van der Waals surface area contributed by atoms with Gasteiger partial charge in [0, 0.05) is 19.4 Å². The average Bonchev–Trinajstić information content (AvgIpc) is 2.53. The summed E-state index contributed by atoms with van der Waals surface area (Å²) in [7, 11) is 0. The van der Waals surface area contributed by atoms with E-state index in [9.17, 15) is 18.0 Å². The second-order valence-corrected chi connectivity index (χ2v) is 6.15. The summed E-state index contributed by atoms with van der Waals surface area (Å²) in [4.78, 5) is 12.4. The molecule has 0 spiro atoms. The Hall–Kier alpha value is -2.50. The zero-order chi connectivity index (χ0) is 19.7. The Labute approximate surface area is 150 Å². The van der Waals surface area contributed by atoms with Gasteiger partial charge in [0.05, 0.1) is 5.56 Å². The molecule has 0 N–H and O–H groups in total. The SMILES string of the molecule is CC.Cc1cc2c(c(-c3ccc(C(F)(F)F)cc3)c1)C(=O)OC(C)(C)O2. The highest BCUT2D eigenvalue weighted by Crippen LogP contribution is 2.39. The van der Waals surface area contributed by atoms with E-state index in [1.807, 2.05) is 20.8 Å². The van der Waals surface area contributed by atoms with Gasteiger partial charge in [-0.25, -0.2) is 4.79 Å². The molecule has 0 atom stereocenters. The summed E-state index contributed by atoms with van der Waals surface area (Å²) >= 11 is 0. The van der Waals surface area contributed by atoms with Gasteiger partial charge < -0.3 is 9.47 Å². The van der Waals surface area contributed by atoms with Crippen LogP contribution < -0.4 is 4.74 Å². The lowest BCUT2D eigenvalue weighted by molar-refractivity contribution is -0.137. The van der Waals surface area contributed by atoms with Crippen molar-refractivity contribution in [3.8, 4) is 16.9 Å². The Balaban J connectivity index is 0.00000117. The van der Waals surface area contributed by atoms with Crippen molar-refractivity contribution in [1.82, 2.24) is 0 Å². The van der Waals surface area contributed by atoms with Gasteiger partial charge in [-0.1, -0.05) is 32.0 Å². The number of hydrogen-bond acceptors (Lipinski definition) is 3. The quantitative estimate of drug-likeness (QED) is 0.581. The summed E-state index contributed by atoms with van der Waals surface area (Å²) in [5.74, 6) is -1.28. The van der Waals surface area contributed by atoms with Crippen LogP contribution in [0.3, 0.4) is 0 Å². The second-order valence-electron chi connectivity index (χ2n) is 6.15. The summed E-state index contributed by atoms with van der Waals surface area (Å²) in [5.41, 5.74) is 1.28. The predicted molar refractivity (Wildman–Crippen MR) is 93.1 cm³/mol. The Morgan fingerprint density at radius 2 is 1.54 bits per heavy atom. The van der Waals surface area contributed by atoms with Gasteiger partial charge in [-0.2, -0.15) is 13.2 Å². The van der Waals surface area contributed by atoms with Gasteiger partial charge in [-0.3, -0.25) is 0 Å². The molecule has 26 heavy (non-hydrogen) atoms. The van der Waals surface area contributed by atoms with Crippen LogP contribution in [-0.4, -0.2) is 11.8 Å². The molecule has 140 valence electrons. The zero-order valence-electron chi connectivity index (χ0n) is 15.3. The predicted octanol–water partition coefficient (Wildman–Crippen LogP) is 5.99. The Bertz CT molecular complexity index is 806. The van der Waals surface area contributed by atoms with E-state index in [1.54, 1.807) is 26.0 Å². The van der Waals surface area contributed by atoms with Gasteiger partial charge in [-0.15, -0.1) is 0 Å². The van der Waals surface area contributed by atoms with Crippen LogP contribution in [-0.2, 0) is 10.9 Å². The molecular weight excluding hydrogens is 345 g/mol. The number of halogens is 3. The van der Waals surface area contributed by atoms with Crippen LogP contribution in [0.4, 0.5) is 13.2 Å². The topological polar surface area (TPSA) is 35.5 Å². The number of fused-ring (bicyclic) bond motifs is 1. The number of esters is 1. The van der Waals surface area contributed by atoms with Gasteiger partial charge in [0.1, 0.15) is 11.3 Å². The Morgan fingerprint density at radius 3 is 2.08 bits per heavy atom. The summed E-state index contributed by atoms with van der Waals surface area (Å²) in [6.07, 6.45) is -4.41. The van der Waals surface area contributed by atoms with Crippen molar-refractivity contribution in [2.45, 2.75) is 46.6 Å². The van der Waals surface area contributed by atoms with Gasteiger partial charge >= 0.3 is 12.1 Å². The van der Waals surface area contributed by atoms with Crippen molar-refractivity contribution in [1.29, 1.82) is 0 Å². The number of alkyl halides is 3. The fourth-order valence-electron chi connectivity index (χ4n) is 2.67. The maximum Gasteiger partial charge on any atom is 0.416 e. The molecule has 3 rings (SSSR count). The third-order valence-electron chi connectivity index (χ3n) is 3.67. The van der Waals surface area contributed by atoms with E-state index >= 15 is 0 Å². The van der Waals surface area contributed by atoms with Crippen LogP contribution in [0.5, 0.6) is 5.75 Å². The van der Waals surface area contributed by atoms with E-state index < -0.39 is 23.5 Å². The Morgan fingerprint density at radius 1 is 0.962 bits per heavy atom. The molecule has 0 radical (unpaired) electrons. The first-order valence-electron chi connectivity index (χ1n) is 8.31. The molecule has 0 saturated heterocycles. The smallest absolute Gasteiger partial charge is 0.416 e. The van der Waals surface area contributed by atoms with Gasteiger partial charge in [0.2, 0.25) is 5.79 Å². The molecule has 0 bridgehead atoms. The number of carbonyl (C=O) groups excluding carboxylic acids is 1. The largest absolute Gasteiger partial charge is 0.452 e. The molecule has 3 nitrogen and oxygen atoms in total. The molecule has 1 heterocycles. The monoisotopic (exact) mass is 366 g/mol. The van der Waals surface area contributed by atoms with Crippen LogP contribution in [0.1, 0.15) is 49.2 Å². The fraction of sp³-hybridized carbons (Fsp3) is 0.350. The number of ether oxygens (including phenoxy) is 2. The van der Waals surface area contributed by atoms with Gasteiger partial charge in [0.15, 0.2) is 0 Å². The first-order chi connectivity index (χ1) is 12.1. The standard InChI is InChI=1S/C18H15F3O3.C2H6/c1-10-8-13(11-4-6-12(7-5-11)18(19,20)21)15-14(9-10)23-17(2,3)24-16(15)22;1-2/h4-9H,1-3H3;1-2H3. The van der Waals surface area contributed by atoms with Crippen LogP contribution in [0, 0.1) is 6.92 Å². The van der Waals surface area contributed by atoms with Crippen molar-refractivity contribution >= 4 is 5.97 Å². The molecule has 1 aliphatic heterocycles. The molecule has 0 aromatic heterocycles. The van der Waals surface area contributed by atoms with Crippen LogP contribution in [0.2, 0.25) is 0 Å². The molecular formula is C20H21F3O3. The molecule has 1 aliphatic rings. The third-order valence-corrected chi connectivity index (χ3v) is 3.67. The van der Waals surface area contributed by atoms with Crippen LogP contribution >= 0.6 is 0 Å². The minimum Gasteiger partial charge on any atom is -0.452 e. The lowest BCUT2D eigenvalue weighted by Gasteiger charge is -2.33.